The van der Waals surface area contributed by atoms with E-state index in [1.807, 2.05) is 24.3 Å². The number of ketones is 3. The van der Waals surface area contributed by atoms with Gasteiger partial charge in [-0.05, 0) is 178 Å². The molecule has 5 fully saturated rings. The number of carbonyl (C=O) groups excluding carboxylic acids is 11. The Morgan fingerprint density at radius 3 is 1.57 bits per heavy atom. The Morgan fingerprint density at radius 1 is 0.607 bits per heavy atom. The minimum absolute atomic E-state index is 0.0165. The summed E-state index contributed by atoms with van der Waals surface area (Å²) in [5.41, 5.74) is -1.67. The van der Waals surface area contributed by atoms with Gasteiger partial charge in [-0.25, -0.2) is 34.3 Å². The van der Waals surface area contributed by atoms with Crippen molar-refractivity contribution in [2.45, 2.75) is 238 Å². The lowest BCUT2D eigenvalue weighted by atomic mass is 9.87. The Labute approximate surface area is 682 Å². The highest BCUT2D eigenvalue weighted by atomic mass is 16.6. The zero-order chi connectivity index (χ0) is 85.3. The van der Waals surface area contributed by atoms with Crippen molar-refractivity contribution in [1.82, 2.24) is 45.7 Å². The van der Waals surface area contributed by atoms with Gasteiger partial charge in [0.1, 0.15) is 56.7 Å². The zero-order valence-electron chi connectivity index (χ0n) is 69.5. The maximum Gasteiger partial charge on any atom is 0.335 e. The van der Waals surface area contributed by atoms with Crippen LogP contribution in [0.25, 0.3) is 22.1 Å². The van der Waals surface area contributed by atoms with Crippen LogP contribution in [-0.4, -0.2) is 204 Å². The molecule has 6 aliphatic heterocycles. The number of aromatic carboxylic acids is 1. The quantitative estimate of drug-likeness (QED) is 0.0335. The molecule has 3 saturated heterocycles. The lowest BCUT2D eigenvalue weighted by Crippen LogP contribution is -2.54. The number of nitrogens with one attached hydrogen (secondary N) is 3. The molecule has 0 radical (unpaired) electrons. The number of aromatic hydroxyl groups is 1. The fourth-order valence-electron chi connectivity index (χ4n) is 15.5. The van der Waals surface area contributed by atoms with Crippen LogP contribution >= 0.6 is 0 Å². The van der Waals surface area contributed by atoms with Gasteiger partial charge >= 0.3 is 29.8 Å². The topological polar surface area (TPSA) is 404 Å². The van der Waals surface area contributed by atoms with E-state index in [1.54, 1.807) is 124 Å². The van der Waals surface area contributed by atoms with Crippen LogP contribution < -0.4 is 30.2 Å². The van der Waals surface area contributed by atoms with E-state index in [2.05, 4.69) is 35.9 Å². The number of aromatic nitrogens is 4. The number of allylic oxidation sites excluding steroid dienone is 2. The van der Waals surface area contributed by atoms with Gasteiger partial charge < -0.3 is 69.1 Å². The molecule has 13 rings (SSSR count). The van der Waals surface area contributed by atoms with E-state index < -0.39 is 105 Å². The van der Waals surface area contributed by atoms with Crippen molar-refractivity contribution in [2.75, 3.05) is 53.6 Å². The number of nitrogens with zero attached hydrogens (tertiary/aromatic N) is 6. The predicted octanol–water partition coefficient (Wildman–Crippen LogP) is 10.6. The highest BCUT2D eigenvalue weighted by Crippen LogP contribution is 2.50. The summed E-state index contributed by atoms with van der Waals surface area (Å²) in [4.78, 5) is 176. The minimum atomic E-state index is -1.28. The molecule has 9 atom stereocenters. The smallest absolute Gasteiger partial charge is 0.335 e. The van der Waals surface area contributed by atoms with Gasteiger partial charge in [0.05, 0.1) is 98.9 Å². The van der Waals surface area contributed by atoms with Crippen LogP contribution in [0.4, 0.5) is 0 Å². The first-order valence-electron chi connectivity index (χ1n) is 40.5. The predicted molar refractivity (Wildman–Crippen MR) is 430 cm³/mol. The fraction of sp³-hybridized carbons (Fsp3) is 0.563. The lowest BCUT2D eigenvalue weighted by Gasteiger charge is -2.35. The molecule has 117 heavy (non-hydrogen) atoms. The first-order chi connectivity index (χ1) is 55.5. The third kappa shape index (κ3) is 23.1. The molecule has 30 heteroatoms. The summed E-state index contributed by atoms with van der Waals surface area (Å²) in [5.74, 6) is -6.58. The van der Waals surface area contributed by atoms with Gasteiger partial charge in [0, 0.05) is 48.6 Å². The molecular weight excluding hydrogens is 1510 g/mol. The number of aryl methyl sites for hydroxylation is 2. The number of amides is 4. The van der Waals surface area contributed by atoms with Crippen LogP contribution in [0.15, 0.2) is 78.9 Å². The normalized spacial score (nSPS) is 25.0. The van der Waals surface area contributed by atoms with E-state index in [-0.39, 0.29) is 110 Å². The number of rotatable bonds is 12. The highest BCUT2D eigenvalue weighted by molar-refractivity contribution is 6.11. The molecule has 10 heterocycles. The standard InChI is InChI=1S/C38H48N4O9.C26H38N2O7.C12H12N2O3.C7H6O2.C4H9N/c1-7-49-35(47)38-18-24(38)14-12-10-8-9-11-13-23(17-29(44)50-36(3,4)5)34(46)42-21-37(19-26(42)33(45)41-38)20-27(43)30-31-25(15-16-28(40-31)48-6)39-22(2)32(30)51-37;1-5-34-24(33)26-15-18(26)12-10-8-6-7-9-11-17(13-21(30)35-25(2,3)4)23(32)28-16-19(29)14-20(28)22(31)27-26;1-6-12(16)10(7(2)15)11-8(13-6)4-5-9(14-11)17-3;8-7(9)6-4-2-1-3-5-6;1-2-4-5-3-1/h12,14-16,23-24,26H,7-11,13,17-21H2,1-6H3,(H,41,45);10,12,17-18,20H,5-9,11,13-16H2,1-4H3,(H,27,31);4-5,16H,1-3H3;1-5H,(H,8,9);5H,1-4H2/b14-12-;12-10-;;;/t23-,24-,26+,37+,38-;17-,18-,20+,26-;;;/m11.../s1. The second-order valence-electron chi connectivity index (χ2n) is 32.8. The number of carbonyl (C=O) groups is 12. The first-order valence-corrected chi connectivity index (χ1v) is 40.5. The summed E-state index contributed by atoms with van der Waals surface area (Å²) >= 11 is 0. The fourth-order valence-corrected chi connectivity index (χ4v) is 15.5. The molecule has 30 nitrogen and oxygen atoms in total. The van der Waals surface area contributed by atoms with E-state index in [0.29, 0.717) is 82.9 Å². The number of esters is 4. The average molecular weight is 1620 g/mol. The third-order valence-corrected chi connectivity index (χ3v) is 21.4. The van der Waals surface area contributed by atoms with Crippen molar-refractivity contribution in [2.24, 2.45) is 23.7 Å². The maximum absolute atomic E-state index is 14.6. The van der Waals surface area contributed by atoms with Gasteiger partial charge in [-0.3, -0.25) is 43.2 Å². The summed E-state index contributed by atoms with van der Waals surface area (Å²) in [6.07, 6.45) is 18.4. The van der Waals surface area contributed by atoms with Crippen molar-refractivity contribution in [3.05, 3.63) is 107 Å². The molecule has 632 valence electrons. The average Bonchev–Trinajstić information content (AvgIpc) is 1.63. The molecular formula is C87H113N9O21. The monoisotopic (exact) mass is 1620 g/mol. The number of carboxylic acids is 1. The number of fused-ring (bicyclic) bond motifs is 8. The number of benzene rings is 1. The van der Waals surface area contributed by atoms with Gasteiger partial charge in [-0.2, -0.15) is 0 Å². The molecule has 0 bridgehead atoms. The summed E-state index contributed by atoms with van der Waals surface area (Å²) in [6, 6.07) is 12.9. The summed E-state index contributed by atoms with van der Waals surface area (Å²) in [6.45, 7) is 21.4. The molecule has 5 N–H and O–H groups in total. The van der Waals surface area contributed by atoms with Crippen LogP contribution in [0.3, 0.4) is 0 Å². The van der Waals surface area contributed by atoms with Gasteiger partial charge in [0.15, 0.2) is 23.1 Å². The molecule has 1 spiro atoms. The Bertz CT molecular complexity index is 4580. The van der Waals surface area contributed by atoms with E-state index >= 15 is 0 Å². The van der Waals surface area contributed by atoms with Gasteiger partial charge in [-0.1, -0.05) is 68.2 Å². The van der Waals surface area contributed by atoms with Crippen molar-refractivity contribution < 1.29 is 101 Å². The lowest BCUT2D eigenvalue weighted by molar-refractivity contribution is -0.159. The van der Waals surface area contributed by atoms with Crippen LogP contribution in [0.1, 0.15) is 227 Å². The van der Waals surface area contributed by atoms with Crippen molar-refractivity contribution in [1.29, 1.82) is 0 Å². The third-order valence-electron chi connectivity index (χ3n) is 21.4. The molecule has 4 amide bonds. The SMILES string of the molecule is C1CCNC1.CCOC(=O)[C@@]12C[C@H]1/C=C\CCCCC[C@H](CC(=O)OC(C)(C)C)C(=O)N1CC(=O)C[C@H]1C(=O)N2.CCOC(=O)[C@@]12C[C@H]1/C=C\CCCCC[C@H](CC(=O)OC(C)(C)C)C(=O)N1C[C@@]3(CC(=O)c4c(c(C)nc5ccc(OC)nc45)O3)C[C@H]1C(=O)N2.COc1ccc2nc(C)c(O)c(C(C)=O)c2n1.O=C(O)c1ccccc1. The Morgan fingerprint density at radius 2 is 1.10 bits per heavy atom. The van der Waals surface area contributed by atoms with Crippen LogP contribution in [0, 0.1) is 37.5 Å². The van der Waals surface area contributed by atoms with Crippen LogP contribution in [0.5, 0.6) is 23.3 Å². The Balaban J connectivity index is 0.000000201. The molecule has 2 aliphatic carbocycles. The van der Waals surface area contributed by atoms with E-state index in [1.165, 1.54) is 56.9 Å². The van der Waals surface area contributed by atoms with Crippen molar-refractivity contribution in [3.63, 3.8) is 0 Å². The molecule has 4 aromatic heterocycles. The number of hydrogen-bond donors (Lipinski definition) is 5. The number of ether oxygens (including phenoxy) is 7. The number of pyridine rings is 4. The molecule has 2 saturated carbocycles. The Kier molecular flexibility index (Phi) is 30.4. The number of hydrogen-bond acceptors (Lipinski definition) is 25. The zero-order valence-corrected chi connectivity index (χ0v) is 69.5. The molecule has 8 aliphatic rings. The second-order valence-corrected chi connectivity index (χ2v) is 32.8. The number of Topliss-reactive ketones (excluding diaryl/α,β-unsaturated/α-hetero) is 3. The van der Waals surface area contributed by atoms with Crippen LogP contribution in [0.2, 0.25) is 0 Å². The minimum Gasteiger partial charge on any atom is -0.505 e. The van der Waals surface area contributed by atoms with E-state index in [4.69, 9.17) is 38.3 Å². The highest BCUT2D eigenvalue weighted by Gasteiger charge is 2.64. The molecule has 5 aromatic rings. The molecule has 0 unspecified atom stereocenters. The summed E-state index contributed by atoms with van der Waals surface area (Å²) in [5, 5.41) is 27.3. The number of methoxy groups -OCH3 is 2. The Hall–Kier alpha value is -10.8. The van der Waals surface area contributed by atoms with Gasteiger partial charge in [-0.15, -0.1) is 0 Å². The van der Waals surface area contributed by atoms with Gasteiger partial charge in [0.2, 0.25) is 35.4 Å². The van der Waals surface area contributed by atoms with Crippen molar-refractivity contribution in [3.8, 4) is 23.3 Å². The van der Waals surface area contributed by atoms with E-state index in [9.17, 15) is 62.6 Å². The summed E-state index contributed by atoms with van der Waals surface area (Å²) in [7, 11) is 2.97. The van der Waals surface area contributed by atoms with Gasteiger partial charge in [0.25, 0.3) is 0 Å². The maximum atomic E-state index is 14.6. The second kappa shape index (κ2) is 39.4. The number of carboxylic acid groups (broad SMARTS) is 1. The van der Waals surface area contributed by atoms with Crippen molar-refractivity contribution >= 4 is 92.9 Å². The first kappa shape index (κ1) is 90.1. The van der Waals surface area contributed by atoms with E-state index in [0.717, 1.165) is 44.9 Å². The summed E-state index contributed by atoms with van der Waals surface area (Å²) < 4.78 is 38.7. The van der Waals surface area contributed by atoms with Crippen LogP contribution in [-0.2, 0) is 62.1 Å². The molecule has 1 aromatic carbocycles. The largest absolute Gasteiger partial charge is 0.505 e.